The molecule has 0 spiro atoms. The molecule has 0 aromatic rings. The number of rotatable bonds is 4. The number of aliphatic hydroxyl groups is 2. The maximum atomic E-state index is 9.98. The fraction of sp³-hybridized carbons (Fsp3) is 0.417. The van der Waals surface area contributed by atoms with Crippen molar-refractivity contribution in [3.63, 3.8) is 0 Å². The van der Waals surface area contributed by atoms with Crippen LogP contribution < -0.4 is 0 Å². The molecule has 0 saturated heterocycles. The van der Waals surface area contributed by atoms with Crippen molar-refractivity contribution in [3.8, 4) is 0 Å². The van der Waals surface area contributed by atoms with Gasteiger partial charge in [0.25, 0.3) is 0 Å². The first-order valence-electron chi connectivity index (χ1n) is 9.01. The predicted octanol–water partition coefficient (Wildman–Crippen LogP) is 6.23. The molecule has 0 atom stereocenters. The molecule has 0 heterocycles. The van der Waals surface area contributed by atoms with Gasteiger partial charge in [0.2, 0.25) is 0 Å². The molecule has 0 radical (unpaired) electrons. The van der Waals surface area contributed by atoms with Crippen LogP contribution >= 0.6 is 0 Å². The van der Waals surface area contributed by atoms with E-state index >= 15 is 0 Å². The molecule has 32 heavy (non-hydrogen) atoms. The highest BCUT2D eigenvalue weighted by molar-refractivity contribution is 7.80. The van der Waals surface area contributed by atoms with Crippen LogP contribution in [0.5, 0.6) is 0 Å². The lowest BCUT2D eigenvalue weighted by Crippen LogP contribution is -2.23. The SMILES string of the molecule is C=C.C=C.C=C.C=C.C=C.C=C.C=C.CC(C)(C)OS(=O)(=O)O.CCOCC.OCCO. The standard InChI is InChI=1S/C4H10O4S.C4H10O.C2H6O2.7C2H4/c1-4(2,3)8-9(5,6)7;1-3-5-4-2;3-1-2-4;7*1-2/h1-3H3,(H,5,6,7);3-4H2,1-2H3;3-4H,1-2H2;7*1-2H2. The third-order valence-corrected chi connectivity index (χ3v) is 1.57. The average molecular weight is 487 g/mol. The van der Waals surface area contributed by atoms with Crippen LogP contribution in [0.15, 0.2) is 92.1 Å². The molecule has 0 fully saturated rings. The van der Waals surface area contributed by atoms with Gasteiger partial charge in [0.15, 0.2) is 0 Å². The van der Waals surface area contributed by atoms with Gasteiger partial charge in [-0.05, 0) is 34.6 Å². The Morgan fingerprint density at radius 3 is 0.812 bits per heavy atom. The van der Waals surface area contributed by atoms with Gasteiger partial charge in [-0.2, -0.15) is 8.42 Å². The van der Waals surface area contributed by atoms with Gasteiger partial charge in [0, 0.05) is 13.2 Å². The fourth-order valence-electron chi connectivity index (χ4n) is 0.520. The normalized spacial score (nSPS) is 7.00. The molecule has 0 aliphatic carbocycles. The minimum absolute atomic E-state index is 0.125. The van der Waals surface area contributed by atoms with E-state index in [0.29, 0.717) is 0 Å². The first-order chi connectivity index (χ1) is 15.0. The first kappa shape index (κ1) is 63.1. The smallest absolute Gasteiger partial charge is 0.394 e. The molecule has 0 aromatic heterocycles. The van der Waals surface area contributed by atoms with Crippen LogP contribution in [0.3, 0.4) is 0 Å². The van der Waals surface area contributed by atoms with Crippen molar-refractivity contribution in [1.29, 1.82) is 0 Å². The number of aliphatic hydroxyl groups excluding tert-OH is 2. The van der Waals surface area contributed by atoms with E-state index in [1.165, 1.54) is 20.8 Å². The molecule has 8 heteroatoms. The fourth-order valence-corrected chi connectivity index (χ4v) is 1.15. The third-order valence-electron chi connectivity index (χ3n) is 0.864. The highest BCUT2D eigenvalue weighted by atomic mass is 32.3. The zero-order valence-electron chi connectivity index (χ0n) is 21.6. The molecule has 3 N–H and O–H groups in total. The predicted molar refractivity (Wildman–Crippen MR) is 148 cm³/mol. The maximum absolute atomic E-state index is 9.98. The molecule has 0 aliphatic heterocycles. The Hall–Kier alpha value is -2.07. The number of hydrogen-bond acceptors (Lipinski definition) is 6. The second-order valence-corrected chi connectivity index (χ2v) is 4.87. The van der Waals surface area contributed by atoms with Crippen molar-refractivity contribution >= 4 is 10.4 Å². The third kappa shape index (κ3) is 422. The monoisotopic (exact) mass is 486 g/mol. The summed E-state index contributed by atoms with van der Waals surface area (Å²) in [5.41, 5.74) is -0.854. The molecule has 7 nitrogen and oxygen atoms in total. The van der Waals surface area contributed by atoms with E-state index in [2.05, 4.69) is 96.3 Å². The molecule has 0 unspecified atom stereocenters. The molecule has 0 aliphatic rings. The topological polar surface area (TPSA) is 113 Å². The van der Waals surface area contributed by atoms with Crippen LogP contribution in [-0.2, 0) is 19.3 Å². The van der Waals surface area contributed by atoms with E-state index < -0.39 is 16.0 Å². The lowest BCUT2D eigenvalue weighted by atomic mass is 10.2. The lowest BCUT2D eigenvalue weighted by molar-refractivity contribution is 0.119. The highest BCUT2D eigenvalue weighted by Gasteiger charge is 2.18. The summed E-state index contributed by atoms with van der Waals surface area (Å²) in [4.78, 5) is 0. The minimum Gasteiger partial charge on any atom is -0.394 e. The molecule has 0 amide bonds. The summed E-state index contributed by atoms with van der Waals surface area (Å²) >= 11 is 0. The van der Waals surface area contributed by atoms with Gasteiger partial charge in [-0.15, -0.1) is 92.1 Å². The summed E-state index contributed by atoms with van der Waals surface area (Å²) in [7, 11) is -4.28. The van der Waals surface area contributed by atoms with Gasteiger partial charge in [-0.3, -0.25) is 4.55 Å². The Balaban J connectivity index is -0.0000000230. The van der Waals surface area contributed by atoms with Crippen LogP contribution in [0.25, 0.3) is 0 Å². The molecular formula is C24H54O7S. The van der Waals surface area contributed by atoms with Crippen molar-refractivity contribution in [3.05, 3.63) is 92.1 Å². The Bertz CT molecular complexity index is 317. The summed E-state index contributed by atoms with van der Waals surface area (Å²) in [5, 5.41) is 15.2. The Labute approximate surface area is 201 Å². The van der Waals surface area contributed by atoms with Crippen molar-refractivity contribution < 1.29 is 32.1 Å². The highest BCUT2D eigenvalue weighted by Crippen LogP contribution is 2.09. The Morgan fingerprint density at radius 1 is 0.625 bits per heavy atom. The van der Waals surface area contributed by atoms with Crippen molar-refractivity contribution in [1.82, 2.24) is 0 Å². The van der Waals surface area contributed by atoms with Gasteiger partial charge in [-0.1, -0.05) is 0 Å². The largest absolute Gasteiger partial charge is 0.397 e. The average Bonchev–Trinajstić information content (AvgIpc) is 2.82. The quantitative estimate of drug-likeness (QED) is 0.318. The minimum atomic E-state index is -4.28. The van der Waals surface area contributed by atoms with Crippen LogP contribution in [0.1, 0.15) is 34.6 Å². The second kappa shape index (κ2) is 88.9. The van der Waals surface area contributed by atoms with E-state index in [0.717, 1.165) is 13.2 Å². The van der Waals surface area contributed by atoms with E-state index in [1.54, 1.807) is 0 Å². The van der Waals surface area contributed by atoms with Gasteiger partial charge >= 0.3 is 10.4 Å². The molecule has 0 bridgehead atoms. The van der Waals surface area contributed by atoms with E-state index in [1.807, 2.05) is 13.8 Å². The number of ether oxygens (including phenoxy) is 1. The maximum Gasteiger partial charge on any atom is 0.397 e. The van der Waals surface area contributed by atoms with Crippen LogP contribution in [0.4, 0.5) is 0 Å². The zero-order chi connectivity index (χ0) is 29.2. The summed E-state index contributed by atoms with van der Waals surface area (Å²) in [5.74, 6) is 0. The Morgan fingerprint density at radius 2 is 0.812 bits per heavy atom. The van der Waals surface area contributed by atoms with Crippen LogP contribution in [0, 0.1) is 0 Å². The lowest BCUT2D eigenvalue weighted by Gasteiger charge is -2.14. The molecule has 198 valence electrons. The summed E-state index contributed by atoms with van der Waals surface area (Å²) in [6, 6.07) is 0. The molecule has 0 aromatic carbocycles. The molecule has 0 saturated carbocycles. The zero-order valence-corrected chi connectivity index (χ0v) is 22.4. The molecular weight excluding hydrogens is 432 g/mol. The second-order valence-electron chi connectivity index (χ2n) is 3.85. The van der Waals surface area contributed by atoms with Crippen molar-refractivity contribution in [2.75, 3.05) is 26.4 Å². The van der Waals surface area contributed by atoms with E-state index in [4.69, 9.17) is 19.5 Å². The van der Waals surface area contributed by atoms with E-state index in [9.17, 15) is 8.42 Å². The van der Waals surface area contributed by atoms with Crippen molar-refractivity contribution in [2.24, 2.45) is 0 Å². The van der Waals surface area contributed by atoms with Gasteiger partial charge in [0.05, 0.1) is 18.8 Å². The van der Waals surface area contributed by atoms with Crippen LogP contribution in [0.2, 0.25) is 0 Å². The van der Waals surface area contributed by atoms with Gasteiger partial charge in [-0.25, -0.2) is 4.18 Å². The van der Waals surface area contributed by atoms with Gasteiger partial charge in [0.1, 0.15) is 0 Å². The van der Waals surface area contributed by atoms with E-state index in [-0.39, 0.29) is 13.2 Å². The summed E-state index contributed by atoms with van der Waals surface area (Å²) in [6.07, 6.45) is 0. The summed E-state index contributed by atoms with van der Waals surface area (Å²) in [6.45, 7) is 52.0. The first-order valence-corrected chi connectivity index (χ1v) is 10.4. The van der Waals surface area contributed by atoms with Gasteiger partial charge < -0.3 is 14.9 Å². The molecule has 0 rings (SSSR count). The van der Waals surface area contributed by atoms with Crippen molar-refractivity contribution in [2.45, 2.75) is 40.2 Å². The number of hydrogen-bond donors (Lipinski definition) is 3. The Kier molecular flexibility index (Phi) is 175. The van der Waals surface area contributed by atoms with Crippen LogP contribution in [-0.4, -0.2) is 55.2 Å². The summed E-state index contributed by atoms with van der Waals surface area (Å²) < 4.78 is 37.0.